The van der Waals surface area contributed by atoms with E-state index in [2.05, 4.69) is 54.5 Å². The fourth-order valence-corrected chi connectivity index (χ4v) is 3.52. The Morgan fingerprint density at radius 1 is 1.11 bits per heavy atom. The van der Waals surface area contributed by atoms with Crippen molar-refractivity contribution in [3.63, 3.8) is 0 Å². The third-order valence-electron chi connectivity index (χ3n) is 4.97. The van der Waals surface area contributed by atoms with Crippen LogP contribution in [-0.2, 0) is 0 Å². The number of carbonyl (C=O) groups excluding carboxylic acids is 1. The van der Waals surface area contributed by atoms with Crippen LogP contribution in [0.2, 0.25) is 0 Å². The number of nitrogens with zero attached hydrogens (tertiary/aromatic N) is 2. The van der Waals surface area contributed by atoms with Crippen molar-refractivity contribution in [1.29, 1.82) is 0 Å². The average Bonchev–Trinajstić information content (AvgIpc) is 3.13. The summed E-state index contributed by atoms with van der Waals surface area (Å²) < 4.78 is 2.02. The molecule has 2 heterocycles. The number of fused-ring (bicyclic) bond motifs is 1. The van der Waals surface area contributed by atoms with Crippen molar-refractivity contribution in [2.24, 2.45) is 5.73 Å². The Morgan fingerprint density at radius 2 is 1.93 bits per heavy atom. The number of hydrogen-bond acceptors (Lipinski definition) is 3. The highest BCUT2D eigenvalue weighted by molar-refractivity contribution is 5.94. The van der Waals surface area contributed by atoms with Gasteiger partial charge in [0.1, 0.15) is 5.65 Å². The molecule has 0 unspecified atom stereocenters. The Kier molecular flexibility index (Phi) is 4.57. The van der Waals surface area contributed by atoms with Crippen LogP contribution in [0, 0.1) is 6.92 Å². The summed E-state index contributed by atoms with van der Waals surface area (Å²) in [6.07, 6.45) is 3.84. The lowest BCUT2D eigenvalue weighted by atomic mass is 10.00. The lowest BCUT2D eigenvalue weighted by Gasteiger charge is -2.13. The molecule has 28 heavy (non-hydrogen) atoms. The van der Waals surface area contributed by atoms with Crippen molar-refractivity contribution < 1.29 is 4.79 Å². The highest BCUT2D eigenvalue weighted by Gasteiger charge is 2.11. The molecule has 0 spiro atoms. The minimum absolute atomic E-state index is 0.436. The van der Waals surface area contributed by atoms with Crippen LogP contribution in [0.25, 0.3) is 28.0 Å². The molecule has 0 aliphatic heterocycles. The summed E-state index contributed by atoms with van der Waals surface area (Å²) in [5, 5.41) is 3.40. The minimum atomic E-state index is -0.436. The van der Waals surface area contributed by atoms with Crippen molar-refractivity contribution in [3.05, 3.63) is 78.1 Å². The Morgan fingerprint density at radius 3 is 2.71 bits per heavy atom. The molecule has 140 valence electrons. The predicted octanol–water partition coefficient (Wildman–Crippen LogP) is 4.51. The largest absolute Gasteiger partial charge is 0.385 e. The maximum atomic E-state index is 11.5. The van der Waals surface area contributed by atoms with E-state index in [1.807, 2.05) is 28.9 Å². The van der Waals surface area contributed by atoms with E-state index in [-0.39, 0.29) is 0 Å². The maximum absolute atomic E-state index is 11.5. The number of primary amides is 1. The normalized spacial score (nSPS) is 10.9. The first-order chi connectivity index (χ1) is 13.6. The van der Waals surface area contributed by atoms with Gasteiger partial charge in [-0.2, -0.15) is 0 Å². The first-order valence-electron chi connectivity index (χ1n) is 9.29. The number of anilines is 1. The molecule has 0 saturated heterocycles. The van der Waals surface area contributed by atoms with Crippen molar-refractivity contribution in [1.82, 2.24) is 9.38 Å². The van der Waals surface area contributed by atoms with Crippen molar-refractivity contribution >= 4 is 17.2 Å². The third-order valence-corrected chi connectivity index (χ3v) is 4.97. The second kappa shape index (κ2) is 7.19. The lowest BCUT2D eigenvalue weighted by Crippen LogP contribution is -2.10. The molecule has 2 aromatic heterocycles. The van der Waals surface area contributed by atoms with E-state index < -0.39 is 5.91 Å². The first-order valence-corrected chi connectivity index (χ1v) is 9.29. The molecule has 0 atom stereocenters. The molecule has 5 nitrogen and oxygen atoms in total. The van der Waals surface area contributed by atoms with Crippen LogP contribution in [0.15, 0.2) is 67.0 Å². The van der Waals surface area contributed by atoms with Gasteiger partial charge < -0.3 is 11.1 Å². The average molecular weight is 370 g/mol. The number of carbonyl (C=O) groups is 1. The molecule has 0 aliphatic rings. The zero-order chi connectivity index (χ0) is 19.7. The molecular formula is C23H22N4O. The van der Waals surface area contributed by atoms with Gasteiger partial charge in [-0.15, -0.1) is 0 Å². The van der Waals surface area contributed by atoms with Crippen molar-refractivity contribution in [2.75, 3.05) is 11.9 Å². The number of hydrogen-bond donors (Lipinski definition) is 2. The van der Waals surface area contributed by atoms with Gasteiger partial charge >= 0.3 is 0 Å². The molecular weight excluding hydrogens is 348 g/mol. The summed E-state index contributed by atoms with van der Waals surface area (Å²) in [4.78, 5) is 16.1. The van der Waals surface area contributed by atoms with Crippen LogP contribution in [0.4, 0.5) is 5.69 Å². The van der Waals surface area contributed by atoms with Crippen LogP contribution < -0.4 is 11.1 Å². The Bertz CT molecular complexity index is 1180. The van der Waals surface area contributed by atoms with Crippen LogP contribution in [0.3, 0.4) is 0 Å². The lowest BCUT2D eigenvalue weighted by molar-refractivity contribution is 0.100. The van der Waals surface area contributed by atoms with Crippen molar-refractivity contribution in [3.8, 4) is 22.4 Å². The smallest absolute Gasteiger partial charge is 0.248 e. The first kappa shape index (κ1) is 17.8. The molecule has 4 aromatic rings. The maximum Gasteiger partial charge on any atom is 0.248 e. The second-order valence-corrected chi connectivity index (χ2v) is 6.74. The van der Waals surface area contributed by atoms with E-state index in [0.717, 1.165) is 34.7 Å². The van der Waals surface area contributed by atoms with Crippen molar-refractivity contribution in [2.45, 2.75) is 13.8 Å². The zero-order valence-electron chi connectivity index (χ0n) is 15.9. The number of imidazole rings is 1. The SMILES string of the molecule is CCNc1cccc(-c2ccn3c(-c4cccc(C(N)=O)c4)cnc3c2)c1C. The number of pyridine rings is 1. The Labute approximate surface area is 163 Å². The van der Waals surface area contributed by atoms with Gasteiger partial charge in [-0.3, -0.25) is 9.20 Å². The van der Waals surface area contributed by atoms with Crippen LogP contribution >= 0.6 is 0 Å². The van der Waals surface area contributed by atoms with Crippen LogP contribution in [0.1, 0.15) is 22.8 Å². The summed E-state index contributed by atoms with van der Waals surface area (Å²) in [7, 11) is 0. The number of aromatic nitrogens is 2. The fraction of sp³-hybridized carbons (Fsp3) is 0.130. The summed E-state index contributed by atoms with van der Waals surface area (Å²) in [6, 6.07) is 17.8. The summed E-state index contributed by atoms with van der Waals surface area (Å²) >= 11 is 0. The van der Waals surface area contributed by atoms with Gasteiger partial charge in [0.05, 0.1) is 11.9 Å². The standard InChI is InChI=1S/C23H22N4O/c1-3-25-20-9-5-8-19(15(20)2)16-10-11-27-21(14-26-22(27)13-16)17-6-4-7-18(12-17)23(24)28/h4-14,25H,3H2,1-2H3,(H2,24,28). The number of amides is 1. The predicted molar refractivity (Wildman–Crippen MR) is 113 cm³/mol. The van der Waals surface area contributed by atoms with E-state index in [9.17, 15) is 4.79 Å². The number of benzene rings is 2. The molecule has 0 radical (unpaired) electrons. The van der Waals surface area contributed by atoms with Gasteiger partial charge in [-0.25, -0.2) is 4.98 Å². The monoisotopic (exact) mass is 370 g/mol. The van der Waals surface area contributed by atoms with Crippen LogP contribution in [-0.4, -0.2) is 21.8 Å². The number of nitrogens with two attached hydrogens (primary N) is 1. The van der Waals surface area contributed by atoms with Gasteiger partial charge in [0, 0.05) is 29.6 Å². The van der Waals surface area contributed by atoms with E-state index in [0.29, 0.717) is 5.56 Å². The number of nitrogens with one attached hydrogen (secondary N) is 1. The van der Waals surface area contributed by atoms with Gasteiger partial charge in [0.25, 0.3) is 0 Å². The van der Waals surface area contributed by atoms with E-state index in [1.54, 1.807) is 12.1 Å². The summed E-state index contributed by atoms with van der Waals surface area (Å²) in [5.41, 5.74) is 13.2. The summed E-state index contributed by atoms with van der Waals surface area (Å²) in [6.45, 7) is 5.11. The zero-order valence-corrected chi connectivity index (χ0v) is 15.9. The third kappa shape index (κ3) is 3.11. The topological polar surface area (TPSA) is 72.4 Å². The van der Waals surface area contributed by atoms with Crippen LogP contribution in [0.5, 0.6) is 0 Å². The van der Waals surface area contributed by atoms with Gasteiger partial charge in [-0.05, 0) is 60.9 Å². The number of rotatable bonds is 5. The molecule has 0 aliphatic carbocycles. The molecule has 1 amide bonds. The quantitative estimate of drug-likeness (QED) is 0.543. The fourth-order valence-electron chi connectivity index (χ4n) is 3.52. The molecule has 0 saturated carbocycles. The van der Waals surface area contributed by atoms with Gasteiger partial charge in [0.2, 0.25) is 5.91 Å². The highest BCUT2D eigenvalue weighted by atomic mass is 16.1. The van der Waals surface area contributed by atoms with Gasteiger partial charge in [-0.1, -0.05) is 24.3 Å². The molecule has 4 rings (SSSR count). The van der Waals surface area contributed by atoms with E-state index in [1.165, 1.54) is 11.1 Å². The second-order valence-electron chi connectivity index (χ2n) is 6.74. The molecule has 5 heteroatoms. The Hall–Kier alpha value is -3.60. The molecule has 3 N–H and O–H groups in total. The Balaban J connectivity index is 1.78. The van der Waals surface area contributed by atoms with E-state index in [4.69, 9.17) is 5.73 Å². The summed E-state index contributed by atoms with van der Waals surface area (Å²) in [5.74, 6) is -0.436. The highest BCUT2D eigenvalue weighted by Crippen LogP contribution is 2.30. The molecule has 0 fully saturated rings. The van der Waals surface area contributed by atoms with E-state index >= 15 is 0 Å². The minimum Gasteiger partial charge on any atom is -0.385 e. The van der Waals surface area contributed by atoms with Gasteiger partial charge in [0.15, 0.2) is 0 Å². The molecule has 0 bridgehead atoms. The molecule has 2 aromatic carbocycles.